The number of nitrogens with two attached hydrogens (primary N) is 2. The number of anilines is 2. The summed E-state index contributed by atoms with van der Waals surface area (Å²) in [5.41, 5.74) is 6.42. The lowest BCUT2D eigenvalue weighted by molar-refractivity contribution is -0.00618. The van der Waals surface area contributed by atoms with Gasteiger partial charge in [-0.3, -0.25) is 0 Å². The van der Waals surface area contributed by atoms with E-state index in [0.29, 0.717) is 31.1 Å². The van der Waals surface area contributed by atoms with Gasteiger partial charge in [0.15, 0.2) is 0 Å². The predicted octanol–water partition coefficient (Wildman–Crippen LogP) is 0.134. The van der Waals surface area contributed by atoms with E-state index in [-0.39, 0.29) is 10.5 Å². The van der Waals surface area contributed by atoms with Crippen molar-refractivity contribution in [2.45, 2.75) is 16.9 Å². The van der Waals surface area contributed by atoms with E-state index in [0.717, 1.165) is 6.42 Å². The van der Waals surface area contributed by atoms with Crippen molar-refractivity contribution in [2.75, 3.05) is 37.9 Å². The Balaban J connectivity index is 2.11. The van der Waals surface area contributed by atoms with Gasteiger partial charge in [-0.1, -0.05) is 0 Å². The van der Waals surface area contributed by atoms with Crippen LogP contribution in [-0.2, 0) is 19.5 Å². The molecule has 0 bridgehead atoms. The Morgan fingerprint density at radius 3 is 2.75 bits per heavy atom. The molecule has 112 valence electrons. The molecule has 20 heavy (non-hydrogen) atoms. The average Bonchev–Trinajstić information content (AvgIpc) is 2.85. The van der Waals surface area contributed by atoms with E-state index < -0.39 is 10.0 Å². The van der Waals surface area contributed by atoms with Crippen molar-refractivity contribution in [3.8, 4) is 0 Å². The minimum atomic E-state index is -3.74. The fourth-order valence-corrected chi connectivity index (χ4v) is 2.65. The maximum Gasteiger partial charge on any atom is 0.238 e. The second-order valence-corrected chi connectivity index (χ2v) is 6.40. The molecule has 7 nitrogen and oxygen atoms in total. The highest BCUT2D eigenvalue weighted by atomic mass is 32.2. The van der Waals surface area contributed by atoms with Crippen LogP contribution in [0.1, 0.15) is 6.42 Å². The number of ether oxygens (including phenoxy) is 2. The topological polar surface area (TPSA) is 117 Å². The normalized spacial score (nSPS) is 22.9. The SMILES string of the molecule is COC1(CNc2ccc(S(N)(=O)=O)cc2N)CCOC1. The van der Waals surface area contributed by atoms with Crippen molar-refractivity contribution in [3.05, 3.63) is 18.2 Å². The third kappa shape index (κ3) is 3.21. The van der Waals surface area contributed by atoms with Crippen LogP contribution in [0.5, 0.6) is 0 Å². The Morgan fingerprint density at radius 1 is 1.50 bits per heavy atom. The van der Waals surface area contributed by atoms with E-state index in [1.165, 1.54) is 12.1 Å². The number of benzene rings is 1. The Bertz CT molecular complexity index is 582. The van der Waals surface area contributed by atoms with Crippen molar-refractivity contribution < 1.29 is 17.9 Å². The lowest BCUT2D eigenvalue weighted by atomic mass is 10.0. The number of rotatable bonds is 5. The molecule has 1 heterocycles. The molecule has 1 saturated heterocycles. The molecule has 2 rings (SSSR count). The molecule has 0 aliphatic carbocycles. The van der Waals surface area contributed by atoms with E-state index in [1.54, 1.807) is 13.2 Å². The quantitative estimate of drug-likeness (QED) is 0.666. The maximum absolute atomic E-state index is 11.2. The first-order valence-electron chi connectivity index (χ1n) is 6.15. The van der Waals surface area contributed by atoms with Crippen LogP contribution in [0.4, 0.5) is 11.4 Å². The van der Waals surface area contributed by atoms with Crippen molar-refractivity contribution in [1.29, 1.82) is 0 Å². The summed E-state index contributed by atoms with van der Waals surface area (Å²) < 4.78 is 33.3. The number of sulfonamides is 1. The zero-order valence-corrected chi connectivity index (χ0v) is 12.1. The molecule has 1 aromatic rings. The number of nitrogens with one attached hydrogen (secondary N) is 1. The van der Waals surface area contributed by atoms with Gasteiger partial charge in [-0.15, -0.1) is 0 Å². The number of hydrogen-bond donors (Lipinski definition) is 3. The highest BCUT2D eigenvalue weighted by molar-refractivity contribution is 7.89. The summed E-state index contributed by atoms with van der Waals surface area (Å²) in [6.45, 7) is 1.71. The predicted molar refractivity (Wildman–Crippen MR) is 75.9 cm³/mol. The van der Waals surface area contributed by atoms with Gasteiger partial charge in [0.2, 0.25) is 10.0 Å². The van der Waals surface area contributed by atoms with Gasteiger partial charge >= 0.3 is 0 Å². The van der Waals surface area contributed by atoms with Gasteiger partial charge in [-0.05, 0) is 18.2 Å². The third-order valence-electron chi connectivity index (χ3n) is 3.45. The molecular weight excluding hydrogens is 282 g/mol. The lowest BCUT2D eigenvalue weighted by Gasteiger charge is -2.26. The van der Waals surface area contributed by atoms with Crippen molar-refractivity contribution in [1.82, 2.24) is 0 Å². The summed E-state index contributed by atoms with van der Waals surface area (Å²) in [5.74, 6) is 0. The van der Waals surface area contributed by atoms with Crippen LogP contribution in [0.3, 0.4) is 0 Å². The van der Waals surface area contributed by atoms with Crippen molar-refractivity contribution in [3.63, 3.8) is 0 Å². The van der Waals surface area contributed by atoms with Crippen LogP contribution in [0.25, 0.3) is 0 Å². The first-order valence-corrected chi connectivity index (χ1v) is 7.70. The number of primary sulfonamides is 1. The highest BCUT2D eigenvalue weighted by Crippen LogP contribution is 2.26. The molecule has 1 aromatic carbocycles. The van der Waals surface area contributed by atoms with Crippen LogP contribution < -0.4 is 16.2 Å². The van der Waals surface area contributed by atoms with E-state index in [9.17, 15) is 8.42 Å². The standard InChI is InChI=1S/C12H19N3O4S/c1-18-12(4-5-19-8-12)7-15-11-3-2-9(6-10(11)13)20(14,16)17/h2-3,6,15H,4-5,7-8,13H2,1H3,(H2,14,16,17). The fraction of sp³-hybridized carbons (Fsp3) is 0.500. The molecule has 1 fully saturated rings. The summed E-state index contributed by atoms with van der Waals surface area (Å²) in [6, 6.07) is 4.34. The van der Waals surface area contributed by atoms with E-state index in [2.05, 4.69) is 5.32 Å². The fourth-order valence-electron chi connectivity index (χ4n) is 2.10. The lowest BCUT2D eigenvalue weighted by Crippen LogP contribution is -2.39. The zero-order chi connectivity index (χ0) is 14.8. The van der Waals surface area contributed by atoms with Gasteiger partial charge in [0.1, 0.15) is 5.60 Å². The molecule has 1 aliphatic heterocycles. The number of hydrogen-bond acceptors (Lipinski definition) is 6. The molecule has 0 saturated carbocycles. The monoisotopic (exact) mass is 301 g/mol. The summed E-state index contributed by atoms with van der Waals surface area (Å²) in [7, 11) is -2.10. The summed E-state index contributed by atoms with van der Waals surface area (Å²) in [4.78, 5) is -0.00814. The number of nitrogen functional groups attached to an aromatic ring is 1. The van der Waals surface area contributed by atoms with Gasteiger partial charge in [0, 0.05) is 26.7 Å². The van der Waals surface area contributed by atoms with Crippen LogP contribution in [0.2, 0.25) is 0 Å². The van der Waals surface area contributed by atoms with E-state index in [4.69, 9.17) is 20.3 Å². The van der Waals surface area contributed by atoms with Gasteiger partial charge in [-0.2, -0.15) is 0 Å². The zero-order valence-electron chi connectivity index (χ0n) is 11.3. The summed E-state index contributed by atoms with van der Waals surface area (Å²) in [5, 5.41) is 8.21. The summed E-state index contributed by atoms with van der Waals surface area (Å²) >= 11 is 0. The van der Waals surface area contributed by atoms with Crippen LogP contribution >= 0.6 is 0 Å². The molecule has 5 N–H and O–H groups in total. The van der Waals surface area contributed by atoms with Gasteiger partial charge < -0.3 is 20.5 Å². The largest absolute Gasteiger partial charge is 0.397 e. The van der Waals surface area contributed by atoms with Gasteiger partial charge in [0.05, 0.1) is 22.9 Å². The molecule has 1 aliphatic rings. The second kappa shape index (κ2) is 5.57. The first-order chi connectivity index (χ1) is 9.36. The highest BCUT2D eigenvalue weighted by Gasteiger charge is 2.34. The Kier molecular flexibility index (Phi) is 4.19. The molecule has 0 radical (unpaired) electrons. The molecule has 1 atom stereocenters. The maximum atomic E-state index is 11.2. The number of methoxy groups -OCH3 is 1. The third-order valence-corrected chi connectivity index (χ3v) is 4.36. The molecular formula is C12H19N3O4S. The van der Waals surface area contributed by atoms with E-state index in [1.807, 2.05) is 0 Å². The molecule has 8 heteroatoms. The van der Waals surface area contributed by atoms with Crippen LogP contribution in [0.15, 0.2) is 23.1 Å². The minimum absolute atomic E-state index is 0.00814. The van der Waals surface area contributed by atoms with E-state index >= 15 is 0 Å². The molecule has 1 unspecified atom stereocenters. The smallest absolute Gasteiger partial charge is 0.238 e. The van der Waals surface area contributed by atoms with Gasteiger partial charge in [-0.25, -0.2) is 13.6 Å². The Morgan fingerprint density at radius 2 is 2.25 bits per heavy atom. The van der Waals surface area contributed by atoms with Gasteiger partial charge in [0.25, 0.3) is 0 Å². The summed E-state index contributed by atoms with van der Waals surface area (Å²) in [6.07, 6.45) is 0.797. The Hall–Kier alpha value is -1.35. The second-order valence-electron chi connectivity index (χ2n) is 4.84. The first kappa shape index (κ1) is 15.0. The average molecular weight is 301 g/mol. The molecule has 0 spiro atoms. The molecule has 0 amide bonds. The van der Waals surface area contributed by atoms with Crippen molar-refractivity contribution in [2.24, 2.45) is 5.14 Å². The van der Waals surface area contributed by atoms with Crippen LogP contribution in [-0.4, -0.2) is 40.9 Å². The molecule has 0 aromatic heterocycles. The minimum Gasteiger partial charge on any atom is -0.397 e. The van der Waals surface area contributed by atoms with Crippen LogP contribution in [0, 0.1) is 0 Å². The van der Waals surface area contributed by atoms with Crippen molar-refractivity contribution >= 4 is 21.4 Å². The Labute approximate surface area is 118 Å².